The standard InChI is InChI=1S/C17H25N5O2S/c1-10-13(16(24)21-12(3)19-10)6-7-15(23)18-9-8-14-11(2)20-17(25-14)22(4)5/h6-9H2,1-5H3,(H,18,23)(H,19,21,24). The molecule has 0 aromatic carbocycles. The normalized spacial score (nSPS) is 10.8. The number of aromatic nitrogens is 3. The molecule has 2 heterocycles. The Morgan fingerprint density at radius 3 is 2.48 bits per heavy atom. The van der Waals surface area contributed by atoms with Gasteiger partial charge in [0.15, 0.2) is 5.13 Å². The zero-order chi connectivity index (χ0) is 18.6. The summed E-state index contributed by atoms with van der Waals surface area (Å²) in [5.41, 5.74) is 2.12. The smallest absolute Gasteiger partial charge is 0.254 e. The number of rotatable bonds is 7. The first-order chi connectivity index (χ1) is 11.8. The van der Waals surface area contributed by atoms with Crippen LogP contribution in [0.15, 0.2) is 4.79 Å². The third-order valence-corrected chi connectivity index (χ3v) is 5.27. The highest BCUT2D eigenvalue weighted by Crippen LogP contribution is 2.24. The highest BCUT2D eigenvalue weighted by Gasteiger charge is 2.11. The maximum atomic E-state index is 12.0. The van der Waals surface area contributed by atoms with Gasteiger partial charge in [-0.25, -0.2) is 9.97 Å². The number of anilines is 1. The summed E-state index contributed by atoms with van der Waals surface area (Å²) in [6.45, 7) is 6.09. The minimum Gasteiger partial charge on any atom is -0.356 e. The van der Waals surface area contributed by atoms with Crippen LogP contribution in [0.4, 0.5) is 5.13 Å². The number of nitrogens with one attached hydrogen (secondary N) is 2. The van der Waals surface area contributed by atoms with Crippen molar-refractivity contribution in [1.82, 2.24) is 20.3 Å². The van der Waals surface area contributed by atoms with Crippen molar-refractivity contribution < 1.29 is 4.79 Å². The monoisotopic (exact) mass is 363 g/mol. The van der Waals surface area contributed by atoms with Crippen LogP contribution < -0.4 is 15.8 Å². The molecule has 0 spiro atoms. The topological polar surface area (TPSA) is 91.0 Å². The summed E-state index contributed by atoms with van der Waals surface area (Å²) in [5, 5.41) is 3.88. The van der Waals surface area contributed by atoms with Crippen LogP contribution in [0.2, 0.25) is 0 Å². The molecule has 0 unspecified atom stereocenters. The molecule has 2 rings (SSSR count). The largest absolute Gasteiger partial charge is 0.356 e. The number of hydrogen-bond donors (Lipinski definition) is 2. The molecule has 25 heavy (non-hydrogen) atoms. The molecule has 136 valence electrons. The quantitative estimate of drug-likeness (QED) is 0.778. The van der Waals surface area contributed by atoms with E-state index in [4.69, 9.17) is 0 Å². The molecule has 0 fully saturated rings. The number of amides is 1. The van der Waals surface area contributed by atoms with Crippen LogP contribution in [-0.2, 0) is 17.6 Å². The molecule has 1 amide bonds. The van der Waals surface area contributed by atoms with Gasteiger partial charge in [0.25, 0.3) is 5.56 Å². The summed E-state index contributed by atoms with van der Waals surface area (Å²) in [6, 6.07) is 0. The van der Waals surface area contributed by atoms with Crippen molar-refractivity contribution in [3.8, 4) is 0 Å². The van der Waals surface area contributed by atoms with Crippen LogP contribution >= 0.6 is 11.3 Å². The number of carbonyl (C=O) groups is 1. The Balaban J connectivity index is 1.83. The molecule has 0 aliphatic carbocycles. The maximum Gasteiger partial charge on any atom is 0.254 e. The molecule has 0 bridgehead atoms. The summed E-state index contributed by atoms with van der Waals surface area (Å²) < 4.78 is 0. The van der Waals surface area contributed by atoms with Gasteiger partial charge in [-0.15, -0.1) is 11.3 Å². The van der Waals surface area contributed by atoms with E-state index < -0.39 is 0 Å². The molecule has 0 saturated heterocycles. The molecule has 0 aliphatic rings. The second-order valence-electron chi connectivity index (χ2n) is 6.21. The van der Waals surface area contributed by atoms with Gasteiger partial charge < -0.3 is 15.2 Å². The number of aromatic amines is 1. The fraction of sp³-hybridized carbons (Fsp3) is 0.529. The molecule has 2 aromatic rings. The van der Waals surface area contributed by atoms with E-state index in [0.29, 0.717) is 30.0 Å². The highest BCUT2D eigenvalue weighted by atomic mass is 32.1. The van der Waals surface area contributed by atoms with Gasteiger partial charge >= 0.3 is 0 Å². The van der Waals surface area contributed by atoms with Crippen molar-refractivity contribution in [1.29, 1.82) is 0 Å². The van der Waals surface area contributed by atoms with Crippen molar-refractivity contribution in [2.45, 2.75) is 40.0 Å². The van der Waals surface area contributed by atoms with Gasteiger partial charge in [0.1, 0.15) is 5.82 Å². The maximum absolute atomic E-state index is 12.0. The summed E-state index contributed by atoms with van der Waals surface area (Å²) in [6.07, 6.45) is 1.43. The third kappa shape index (κ3) is 5.12. The van der Waals surface area contributed by atoms with E-state index in [9.17, 15) is 9.59 Å². The zero-order valence-electron chi connectivity index (χ0n) is 15.4. The van der Waals surface area contributed by atoms with Gasteiger partial charge in [0.2, 0.25) is 5.91 Å². The Morgan fingerprint density at radius 1 is 1.16 bits per heavy atom. The lowest BCUT2D eigenvalue weighted by molar-refractivity contribution is -0.121. The SMILES string of the molecule is Cc1nc(C)c(CCC(=O)NCCc2sc(N(C)C)nc2C)c(=O)[nH]1. The summed E-state index contributed by atoms with van der Waals surface area (Å²) in [4.78, 5) is 38.5. The number of nitrogens with zero attached hydrogens (tertiary/aromatic N) is 3. The Bertz CT molecular complexity index is 810. The Labute approximate surface area is 151 Å². The molecule has 0 radical (unpaired) electrons. The lowest BCUT2D eigenvalue weighted by atomic mass is 10.1. The van der Waals surface area contributed by atoms with Crippen LogP contribution in [0.25, 0.3) is 0 Å². The van der Waals surface area contributed by atoms with Gasteiger partial charge in [-0.1, -0.05) is 0 Å². The Kier molecular flexibility index (Phi) is 6.30. The van der Waals surface area contributed by atoms with Crippen LogP contribution in [-0.4, -0.2) is 41.5 Å². The number of H-pyrrole nitrogens is 1. The number of hydrogen-bond acceptors (Lipinski definition) is 6. The van der Waals surface area contributed by atoms with Crippen molar-refractivity contribution in [2.75, 3.05) is 25.5 Å². The molecule has 2 N–H and O–H groups in total. The molecular formula is C17H25N5O2S. The van der Waals surface area contributed by atoms with Gasteiger partial charge in [-0.3, -0.25) is 9.59 Å². The third-order valence-electron chi connectivity index (χ3n) is 3.88. The molecule has 0 saturated carbocycles. The number of carbonyl (C=O) groups excluding carboxylic acids is 1. The van der Waals surface area contributed by atoms with Crippen LogP contribution in [0.5, 0.6) is 0 Å². The van der Waals surface area contributed by atoms with E-state index in [1.807, 2.05) is 25.9 Å². The van der Waals surface area contributed by atoms with Gasteiger partial charge in [0, 0.05) is 49.6 Å². The lowest BCUT2D eigenvalue weighted by Gasteiger charge is -2.07. The molecule has 0 aliphatic heterocycles. The fourth-order valence-electron chi connectivity index (χ4n) is 2.52. The minimum absolute atomic E-state index is 0.0608. The van der Waals surface area contributed by atoms with Crippen LogP contribution in [0, 0.1) is 20.8 Å². The summed E-state index contributed by atoms with van der Waals surface area (Å²) in [7, 11) is 3.93. The van der Waals surface area contributed by atoms with E-state index >= 15 is 0 Å². The molecule has 2 aromatic heterocycles. The van der Waals surface area contributed by atoms with E-state index in [0.717, 1.165) is 17.2 Å². The van der Waals surface area contributed by atoms with Crippen molar-refractivity contribution in [3.63, 3.8) is 0 Å². The zero-order valence-corrected chi connectivity index (χ0v) is 16.2. The van der Waals surface area contributed by atoms with Gasteiger partial charge in [-0.2, -0.15) is 0 Å². The van der Waals surface area contributed by atoms with E-state index in [1.165, 1.54) is 4.88 Å². The predicted molar refractivity (Wildman–Crippen MR) is 101 cm³/mol. The number of aryl methyl sites for hydroxylation is 3. The second-order valence-corrected chi connectivity index (χ2v) is 7.28. The average molecular weight is 363 g/mol. The van der Waals surface area contributed by atoms with Crippen LogP contribution in [0.1, 0.15) is 34.1 Å². The lowest BCUT2D eigenvalue weighted by Crippen LogP contribution is -2.27. The highest BCUT2D eigenvalue weighted by molar-refractivity contribution is 7.15. The van der Waals surface area contributed by atoms with Crippen molar-refractivity contribution in [3.05, 3.63) is 38.0 Å². The first-order valence-corrected chi connectivity index (χ1v) is 9.06. The first-order valence-electron chi connectivity index (χ1n) is 8.24. The van der Waals surface area contributed by atoms with E-state index in [-0.39, 0.29) is 17.9 Å². The van der Waals surface area contributed by atoms with Gasteiger partial charge in [0.05, 0.1) is 5.69 Å². The summed E-state index contributed by atoms with van der Waals surface area (Å²) in [5.74, 6) is 0.530. The van der Waals surface area contributed by atoms with E-state index in [1.54, 1.807) is 25.2 Å². The van der Waals surface area contributed by atoms with E-state index in [2.05, 4.69) is 20.3 Å². The molecule has 7 nitrogen and oxygen atoms in total. The second kappa shape index (κ2) is 8.24. The number of thiazole rings is 1. The van der Waals surface area contributed by atoms with Crippen molar-refractivity contribution >= 4 is 22.4 Å². The van der Waals surface area contributed by atoms with Crippen LogP contribution in [0.3, 0.4) is 0 Å². The fourth-order valence-corrected chi connectivity index (χ4v) is 3.51. The van der Waals surface area contributed by atoms with Crippen molar-refractivity contribution in [2.24, 2.45) is 0 Å². The molecular weight excluding hydrogens is 338 g/mol. The van der Waals surface area contributed by atoms with Gasteiger partial charge in [-0.05, 0) is 27.2 Å². The average Bonchev–Trinajstić information content (AvgIpc) is 2.87. The summed E-state index contributed by atoms with van der Waals surface area (Å²) >= 11 is 1.64. The molecule has 8 heteroatoms. The first kappa shape index (κ1) is 19.1. The Morgan fingerprint density at radius 2 is 1.88 bits per heavy atom. The Hall–Kier alpha value is -2.22. The predicted octanol–water partition coefficient (Wildman–Crippen LogP) is 1.51. The molecule has 0 atom stereocenters. The minimum atomic E-state index is -0.158.